The number of rotatable bonds is 4. The number of nitrogens with one attached hydrogen (secondary N) is 1. The van der Waals surface area contributed by atoms with Gasteiger partial charge in [0.15, 0.2) is 0 Å². The lowest BCUT2D eigenvalue weighted by atomic mass is 10.2. The van der Waals surface area contributed by atoms with Crippen LogP contribution >= 0.6 is 11.6 Å². The van der Waals surface area contributed by atoms with Gasteiger partial charge in [0.25, 0.3) is 0 Å². The highest BCUT2D eigenvalue weighted by Crippen LogP contribution is 2.20. The maximum absolute atomic E-state index is 6.23. The normalized spacial score (nSPS) is 11.2. The summed E-state index contributed by atoms with van der Waals surface area (Å²) in [7, 11) is 3.78. The zero-order valence-corrected chi connectivity index (χ0v) is 11.9. The minimum atomic E-state index is 0.661. The molecule has 0 bridgehead atoms. The third-order valence-electron chi connectivity index (χ3n) is 3.15. The summed E-state index contributed by atoms with van der Waals surface area (Å²) < 4.78 is 3.65. The number of aromatic nitrogens is 4. The molecule has 0 atom stereocenters. The van der Waals surface area contributed by atoms with Gasteiger partial charge in [0.1, 0.15) is 5.15 Å². The van der Waals surface area contributed by atoms with Gasteiger partial charge in [0.05, 0.1) is 18.4 Å². The van der Waals surface area contributed by atoms with Gasteiger partial charge in [-0.1, -0.05) is 11.6 Å². The van der Waals surface area contributed by atoms with Crippen LogP contribution in [0.3, 0.4) is 0 Å². The van der Waals surface area contributed by atoms with Crippen molar-refractivity contribution in [3.63, 3.8) is 0 Å². The minimum absolute atomic E-state index is 0.661. The Morgan fingerprint density at radius 2 is 2.11 bits per heavy atom. The monoisotopic (exact) mass is 267 g/mol. The van der Waals surface area contributed by atoms with E-state index in [9.17, 15) is 0 Å². The van der Waals surface area contributed by atoms with E-state index in [2.05, 4.69) is 22.4 Å². The quantitative estimate of drug-likeness (QED) is 0.916. The van der Waals surface area contributed by atoms with Gasteiger partial charge in [-0.3, -0.25) is 9.36 Å². The van der Waals surface area contributed by atoms with Crippen LogP contribution in [0, 0.1) is 13.8 Å². The van der Waals surface area contributed by atoms with Crippen LogP contribution in [0.1, 0.15) is 22.5 Å². The van der Waals surface area contributed by atoms with Gasteiger partial charge in [-0.05, 0) is 20.9 Å². The Bertz CT molecular complexity index is 555. The fourth-order valence-electron chi connectivity index (χ4n) is 2.01. The van der Waals surface area contributed by atoms with Gasteiger partial charge in [-0.15, -0.1) is 0 Å². The molecule has 0 aliphatic heterocycles. The van der Waals surface area contributed by atoms with Crippen LogP contribution in [0.4, 0.5) is 0 Å². The molecule has 0 aliphatic carbocycles. The van der Waals surface area contributed by atoms with Gasteiger partial charge in [0, 0.05) is 30.4 Å². The molecule has 2 aromatic rings. The van der Waals surface area contributed by atoms with Crippen molar-refractivity contribution in [3.05, 3.63) is 33.9 Å². The molecule has 0 aliphatic rings. The molecule has 18 heavy (non-hydrogen) atoms. The van der Waals surface area contributed by atoms with E-state index in [-0.39, 0.29) is 0 Å². The van der Waals surface area contributed by atoms with Crippen LogP contribution in [0.15, 0.2) is 6.20 Å². The first-order chi connectivity index (χ1) is 8.54. The molecule has 0 aromatic carbocycles. The lowest BCUT2D eigenvalue weighted by molar-refractivity contribution is 0.659. The molecule has 2 heterocycles. The molecule has 0 unspecified atom stereocenters. The molecule has 2 rings (SSSR count). The Kier molecular flexibility index (Phi) is 3.73. The summed E-state index contributed by atoms with van der Waals surface area (Å²) in [5, 5.41) is 12.5. The molecule has 0 saturated carbocycles. The first kappa shape index (κ1) is 13.1. The largest absolute Gasteiger partial charge is 0.316 e. The van der Waals surface area contributed by atoms with Crippen LogP contribution in [-0.4, -0.2) is 26.6 Å². The molecule has 0 fully saturated rings. The highest BCUT2D eigenvalue weighted by molar-refractivity contribution is 6.30. The van der Waals surface area contributed by atoms with Gasteiger partial charge in [0.2, 0.25) is 0 Å². The molecule has 5 nitrogen and oxygen atoms in total. The average molecular weight is 268 g/mol. The third-order valence-corrected chi connectivity index (χ3v) is 3.62. The maximum Gasteiger partial charge on any atom is 0.132 e. The highest BCUT2D eigenvalue weighted by atomic mass is 35.5. The van der Waals surface area contributed by atoms with E-state index in [0.717, 1.165) is 23.5 Å². The number of aryl methyl sites for hydroxylation is 2. The molecule has 98 valence electrons. The topological polar surface area (TPSA) is 47.7 Å². The van der Waals surface area contributed by atoms with Crippen molar-refractivity contribution in [2.45, 2.75) is 26.9 Å². The summed E-state index contributed by atoms with van der Waals surface area (Å²) in [6, 6.07) is 0. The van der Waals surface area contributed by atoms with E-state index in [1.54, 1.807) is 4.68 Å². The molecule has 0 radical (unpaired) electrons. The predicted molar refractivity (Wildman–Crippen MR) is 71.8 cm³/mol. The molecule has 2 aromatic heterocycles. The fourth-order valence-corrected chi connectivity index (χ4v) is 2.25. The number of nitrogens with zero attached hydrogens (tertiary/aromatic N) is 4. The second kappa shape index (κ2) is 5.12. The third kappa shape index (κ3) is 2.28. The summed E-state index contributed by atoms with van der Waals surface area (Å²) in [5.74, 6) is 0. The second-order valence-corrected chi connectivity index (χ2v) is 4.78. The van der Waals surface area contributed by atoms with Crippen molar-refractivity contribution >= 4 is 11.6 Å². The Labute approximate surface area is 112 Å². The Morgan fingerprint density at radius 1 is 1.39 bits per heavy atom. The summed E-state index contributed by atoms with van der Waals surface area (Å²) in [5.41, 5.74) is 4.34. The van der Waals surface area contributed by atoms with Gasteiger partial charge in [-0.2, -0.15) is 10.2 Å². The van der Waals surface area contributed by atoms with E-state index in [1.165, 1.54) is 5.56 Å². The number of hydrogen-bond donors (Lipinski definition) is 1. The van der Waals surface area contributed by atoms with Crippen molar-refractivity contribution in [1.82, 2.24) is 24.9 Å². The van der Waals surface area contributed by atoms with Crippen molar-refractivity contribution in [2.75, 3.05) is 7.05 Å². The van der Waals surface area contributed by atoms with E-state index < -0.39 is 0 Å². The van der Waals surface area contributed by atoms with Crippen molar-refractivity contribution in [3.8, 4) is 0 Å². The lowest BCUT2D eigenvalue weighted by Crippen LogP contribution is -2.08. The van der Waals surface area contributed by atoms with E-state index in [0.29, 0.717) is 11.7 Å². The van der Waals surface area contributed by atoms with E-state index in [4.69, 9.17) is 11.6 Å². The van der Waals surface area contributed by atoms with Crippen LogP contribution in [0.2, 0.25) is 5.15 Å². The van der Waals surface area contributed by atoms with Crippen LogP contribution in [0.5, 0.6) is 0 Å². The van der Waals surface area contributed by atoms with Gasteiger partial charge < -0.3 is 5.32 Å². The molecular weight excluding hydrogens is 250 g/mol. The second-order valence-electron chi connectivity index (χ2n) is 4.42. The molecular formula is C12H18ClN5. The van der Waals surface area contributed by atoms with Gasteiger partial charge in [-0.25, -0.2) is 0 Å². The van der Waals surface area contributed by atoms with Crippen molar-refractivity contribution < 1.29 is 0 Å². The lowest BCUT2D eigenvalue weighted by Gasteiger charge is -2.05. The van der Waals surface area contributed by atoms with Crippen LogP contribution in [-0.2, 0) is 20.1 Å². The first-order valence-corrected chi connectivity index (χ1v) is 6.26. The summed E-state index contributed by atoms with van der Waals surface area (Å²) in [6.07, 6.45) is 1.89. The fraction of sp³-hybridized carbons (Fsp3) is 0.500. The van der Waals surface area contributed by atoms with E-state index >= 15 is 0 Å². The van der Waals surface area contributed by atoms with Gasteiger partial charge >= 0.3 is 0 Å². The standard InChI is InChI=1S/C12H18ClN5/c1-8-11(12(13)17(4)16-8)7-18-9(2)10(5-14-3)6-15-18/h6,14H,5,7H2,1-4H3. The maximum atomic E-state index is 6.23. The number of hydrogen-bond acceptors (Lipinski definition) is 3. The molecule has 6 heteroatoms. The first-order valence-electron chi connectivity index (χ1n) is 5.88. The van der Waals surface area contributed by atoms with E-state index in [1.807, 2.05) is 31.9 Å². The average Bonchev–Trinajstić information content (AvgIpc) is 2.78. The molecule has 0 spiro atoms. The molecule has 0 amide bonds. The van der Waals surface area contributed by atoms with Crippen LogP contribution in [0.25, 0.3) is 0 Å². The molecule has 1 N–H and O–H groups in total. The Balaban J connectivity index is 2.29. The van der Waals surface area contributed by atoms with Crippen molar-refractivity contribution in [1.29, 1.82) is 0 Å². The SMILES string of the molecule is CNCc1cnn(Cc2c(C)nn(C)c2Cl)c1C. The summed E-state index contributed by atoms with van der Waals surface area (Å²) in [4.78, 5) is 0. The Morgan fingerprint density at radius 3 is 2.67 bits per heavy atom. The highest BCUT2D eigenvalue weighted by Gasteiger charge is 2.14. The summed E-state index contributed by atoms with van der Waals surface area (Å²) >= 11 is 6.23. The smallest absolute Gasteiger partial charge is 0.132 e. The zero-order valence-electron chi connectivity index (χ0n) is 11.2. The predicted octanol–water partition coefficient (Wildman–Crippen LogP) is 1.65. The Hall–Kier alpha value is -1.33. The minimum Gasteiger partial charge on any atom is -0.316 e. The molecule has 0 saturated heterocycles. The van der Waals surface area contributed by atoms with Crippen molar-refractivity contribution in [2.24, 2.45) is 7.05 Å². The summed E-state index contributed by atoms with van der Waals surface area (Å²) in [6.45, 7) is 5.52. The zero-order chi connectivity index (χ0) is 13.3. The number of halogens is 1. The van der Waals surface area contributed by atoms with Crippen LogP contribution < -0.4 is 5.32 Å².